The number of ether oxygens (including phenoxy) is 2. The lowest BCUT2D eigenvalue weighted by Gasteiger charge is -2.10. The van der Waals surface area contributed by atoms with Crippen LogP contribution in [0.3, 0.4) is 0 Å². The van der Waals surface area contributed by atoms with Crippen molar-refractivity contribution in [3.63, 3.8) is 0 Å². The lowest BCUT2D eigenvalue weighted by molar-refractivity contribution is -0.115. The smallest absolute Gasteiger partial charge is 0.228 e. The first kappa shape index (κ1) is 19.8. The van der Waals surface area contributed by atoms with E-state index in [0.29, 0.717) is 23.1 Å². The average Bonchev–Trinajstić information content (AvgIpc) is 3.15. The Morgan fingerprint density at radius 1 is 1.20 bits per heavy atom. The highest BCUT2D eigenvalue weighted by atomic mass is 35.5. The minimum atomic E-state index is -0.140. The minimum absolute atomic E-state index is 0.140. The van der Waals surface area contributed by atoms with Crippen LogP contribution in [0.25, 0.3) is 10.9 Å². The lowest BCUT2D eigenvalue weighted by Crippen LogP contribution is -2.14. The number of aromatic amines is 1. The van der Waals surface area contributed by atoms with Crippen LogP contribution in [0, 0.1) is 0 Å². The number of H-pyrrole nitrogens is 1. The Morgan fingerprint density at radius 3 is 2.87 bits per heavy atom. The summed E-state index contributed by atoms with van der Waals surface area (Å²) in [6.45, 7) is 0.364. The SMILES string of the molecule is COc1ccc2[nH]cc(CC(=O)Nc3ccc(OCc4cccnc4)c(Cl)c3)c2c1. The molecule has 6 nitrogen and oxygen atoms in total. The van der Waals surface area contributed by atoms with Gasteiger partial charge in [-0.15, -0.1) is 0 Å². The summed E-state index contributed by atoms with van der Waals surface area (Å²) in [4.78, 5) is 19.8. The third-order valence-corrected chi connectivity index (χ3v) is 4.95. The number of nitrogens with zero attached hydrogens (tertiary/aromatic N) is 1. The summed E-state index contributed by atoms with van der Waals surface area (Å²) >= 11 is 6.32. The molecular formula is C23H20ClN3O3. The molecule has 7 heteroatoms. The largest absolute Gasteiger partial charge is 0.497 e. The van der Waals surface area contributed by atoms with E-state index in [4.69, 9.17) is 21.1 Å². The van der Waals surface area contributed by atoms with Crippen molar-refractivity contribution in [3.8, 4) is 11.5 Å². The average molecular weight is 422 g/mol. The zero-order valence-electron chi connectivity index (χ0n) is 16.3. The molecule has 152 valence electrons. The van der Waals surface area contributed by atoms with Gasteiger partial charge in [-0.2, -0.15) is 0 Å². The summed E-state index contributed by atoms with van der Waals surface area (Å²) in [7, 11) is 1.62. The maximum absolute atomic E-state index is 12.5. The molecule has 2 aromatic heterocycles. The molecule has 0 saturated heterocycles. The van der Waals surface area contributed by atoms with Gasteiger partial charge in [-0.25, -0.2) is 0 Å². The fraction of sp³-hybridized carbons (Fsp3) is 0.130. The molecule has 4 rings (SSSR count). The fourth-order valence-electron chi connectivity index (χ4n) is 3.15. The van der Waals surface area contributed by atoms with E-state index in [1.54, 1.807) is 37.7 Å². The third-order valence-electron chi connectivity index (χ3n) is 4.66. The highest BCUT2D eigenvalue weighted by Crippen LogP contribution is 2.29. The van der Waals surface area contributed by atoms with Crippen LogP contribution in [0.4, 0.5) is 5.69 Å². The molecule has 0 saturated carbocycles. The second-order valence-electron chi connectivity index (χ2n) is 6.75. The van der Waals surface area contributed by atoms with E-state index < -0.39 is 0 Å². The molecule has 0 atom stereocenters. The molecule has 0 aliphatic rings. The van der Waals surface area contributed by atoms with Crippen LogP contribution < -0.4 is 14.8 Å². The summed E-state index contributed by atoms with van der Waals surface area (Å²) in [6, 6.07) is 14.7. The van der Waals surface area contributed by atoms with Gasteiger partial charge in [0.2, 0.25) is 5.91 Å². The van der Waals surface area contributed by atoms with Gasteiger partial charge in [0.25, 0.3) is 0 Å². The maximum atomic E-state index is 12.5. The second kappa shape index (κ2) is 8.88. The highest BCUT2D eigenvalue weighted by molar-refractivity contribution is 6.32. The zero-order chi connectivity index (χ0) is 20.9. The normalized spacial score (nSPS) is 10.7. The standard InChI is InChI=1S/C23H20ClN3O3/c1-29-18-5-6-21-19(11-18)16(13-26-21)9-23(28)27-17-4-7-22(20(24)10-17)30-14-15-3-2-8-25-12-15/h2-8,10-13,26H,9,14H2,1H3,(H,27,28). The molecule has 0 unspecified atom stereocenters. The predicted octanol–water partition coefficient (Wildman–Crippen LogP) is 4.99. The number of benzene rings is 2. The first-order chi connectivity index (χ1) is 14.6. The number of methoxy groups -OCH3 is 1. The van der Waals surface area contributed by atoms with E-state index >= 15 is 0 Å². The minimum Gasteiger partial charge on any atom is -0.497 e. The Morgan fingerprint density at radius 2 is 2.10 bits per heavy atom. The molecule has 30 heavy (non-hydrogen) atoms. The fourth-order valence-corrected chi connectivity index (χ4v) is 3.38. The van der Waals surface area contributed by atoms with Crippen molar-refractivity contribution in [1.82, 2.24) is 9.97 Å². The van der Waals surface area contributed by atoms with Gasteiger partial charge in [-0.3, -0.25) is 9.78 Å². The van der Waals surface area contributed by atoms with Gasteiger partial charge in [0.1, 0.15) is 18.1 Å². The number of hydrogen-bond donors (Lipinski definition) is 2. The molecule has 0 fully saturated rings. The number of fused-ring (bicyclic) bond motifs is 1. The molecule has 0 bridgehead atoms. The van der Waals surface area contributed by atoms with Crippen molar-refractivity contribution in [2.75, 3.05) is 12.4 Å². The molecule has 0 aliphatic carbocycles. The Labute approximate surface area is 178 Å². The molecule has 2 heterocycles. The van der Waals surface area contributed by atoms with Crippen molar-refractivity contribution >= 4 is 34.1 Å². The van der Waals surface area contributed by atoms with Gasteiger partial charge in [0.15, 0.2) is 0 Å². The van der Waals surface area contributed by atoms with Crippen LogP contribution >= 0.6 is 11.6 Å². The van der Waals surface area contributed by atoms with Crippen molar-refractivity contribution in [3.05, 3.63) is 83.3 Å². The van der Waals surface area contributed by atoms with E-state index in [1.807, 2.05) is 36.5 Å². The van der Waals surface area contributed by atoms with Crippen LogP contribution in [0.1, 0.15) is 11.1 Å². The molecule has 2 N–H and O–H groups in total. The Kier molecular flexibility index (Phi) is 5.86. The summed E-state index contributed by atoms with van der Waals surface area (Å²) < 4.78 is 11.0. The Balaban J connectivity index is 1.40. The number of carbonyl (C=O) groups is 1. The van der Waals surface area contributed by atoms with Crippen LogP contribution in [-0.2, 0) is 17.8 Å². The van der Waals surface area contributed by atoms with Crippen molar-refractivity contribution < 1.29 is 14.3 Å². The van der Waals surface area contributed by atoms with Crippen molar-refractivity contribution in [2.24, 2.45) is 0 Å². The number of pyridine rings is 1. The van der Waals surface area contributed by atoms with E-state index in [2.05, 4.69) is 15.3 Å². The number of halogens is 1. The Bertz CT molecular complexity index is 1180. The van der Waals surface area contributed by atoms with Crippen LogP contribution in [-0.4, -0.2) is 23.0 Å². The molecule has 4 aromatic rings. The third kappa shape index (κ3) is 4.55. The summed E-state index contributed by atoms with van der Waals surface area (Å²) in [5, 5.41) is 4.27. The molecule has 1 amide bonds. The van der Waals surface area contributed by atoms with Gasteiger partial charge in [-0.05, 0) is 48.0 Å². The van der Waals surface area contributed by atoms with Gasteiger partial charge in [0.05, 0.1) is 18.6 Å². The number of carbonyl (C=O) groups excluding carboxylic acids is 1. The van der Waals surface area contributed by atoms with Gasteiger partial charge in [-0.1, -0.05) is 17.7 Å². The number of aromatic nitrogens is 2. The lowest BCUT2D eigenvalue weighted by atomic mass is 10.1. The summed E-state index contributed by atoms with van der Waals surface area (Å²) in [5.41, 5.74) is 3.40. The van der Waals surface area contributed by atoms with Gasteiger partial charge in [0, 0.05) is 40.7 Å². The van der Waals surface area contributed by atoms with E-state index in [-0.39, 0.29) is 12.3 Å². The highest BCUT2D eigenvalue weighted by Gasteiger charge is 2.11. The summed E-state index contributed by atoms with van der Waals surface area (Å²) in [6.07, 6.45) is 5.51. The van der Waals surface area contributed by atoms with E-state index in [1.165, 1.54) is 0 Å². The number of hydrogen-bond acceptors (Lipinski definition) is 4. The monoisotopic (exact) mass is 421 g/mol. The first-order valence-corrected chi connectivity index (χ1v) is 9.75. The van der Waals surface area contributed by atoms with Crippen LogP contribution in [0.5, 0.6) is 11.5 Å². The van der Waals surface area contributed by atoms with Crippen molar-refractivity contribution in [2.45, 2.75) is 13.0 Å². The van der Waals surface area contributed by atoms with Gasteiger partial charge >= 0.3 is 0 Å². The first-order valence-electron chi connectivity index (χ1n) is 9.37. The number of rotatable bonds is 7. The molecule has 0 radical (unpaired) electrons. The molecular weight excluding hydrogens is 402 g/mol. The predicted molar refractivity (Wildman–Crippen MR) is 117 cm³/mol. The van der Waals surface area contributed by atoms with Crippen LogP contribution in [0.15, 0.2) is 67.1 Å². The summed E-state index contributed by atoms with van der Waals surface area (Å²) in [5.74, 6) is 1.15. The number of anilines is 1. The number of amides is 1. The topological polar surface area (TPSA) is 76.2 Å². The second-order valence-corrected chi connectivity index (χ2v) is 7.15. The number of nitrogens with one attached hydrogen (secondary N) is 2. The Hall–Kier alpha value is -3.51. The molecule has 2 aromatic carbocycles. The van der Waals surface area contributed by atoms with Crippen molar-refractivity contribution in [1.29, 1.82) is 0 Å². The van der Waals surface area contributed by atoms with E-state index in [0.717, 1.165) is 27.8 Å². The molecule has 0 aliphatic heterocycles. The quantitative estimate of drug-likeness (QED) is 0.441. The van der Waals surface area contributed by atoms with E-state index in [9.17, 15) is 4.79 Å². The molecule has 0 spiro atoms. The zero-order valence-corrected chi connectivity index (χ0v) is 17.1. The maximum Gasteiger partial charge on any atom is 0.228 e. The van der Waals surface area contributed by atoms with Crippen LogP contribution in [0.2, 0.25) is 5.02 Å². The van der Waals surface area contributed by atoms with Gasteiger partial charge < -0.3 is 19.8 Å².